The van der Waals surface area contributed by atoms with Gasteiger partial charge in [-0.3, -0.25) is 4.79 Å². The highest BCUT2D eigenvalue weighted by atomic mass is 16.4. The standard InChI is InChI=1S/C9H17NO3/c1-10(2)4-3-9(8(12)13)5-7(11)6-9/h7,11H,3-6H2,1-2H3,(H,12,13). The number of carbonyl (C=O) groups is 1. The summed E-state index contributed by atoms with van der Waals surface area (Å²) in [6.45, 7) is 0.763. The maximum atomic E-state index is 10.9. The lowest BCUT2D eigenvalue weighted by atomic mass is 9.65. The molecule has 0 bridgehead atoms. The molecule has 0 aromatic heterocycles. The molecule has 0 amide bonds. The second-order valence-corrected chi connectivity index (χ2v) is 4.20. The van der Waals surface area contributed by atoms with Gasteiger partial charge >= 0.3 is 5.97 Å². The smallest absolute Gasteiger partial charge is 0.309 e. The molecule has 0 aromatic rings. The van der Waals surface area contributed by atoms with Gasteiger partial charge in [-0.1, -0.05) is 0 Å². The van der Waals surface area contributed by atoms with Crippen LogP contribution in [0.2, 0.25) is 0 Å². The summed E-state index contributed by atoms with van der Waals surface area (Å²) in [5, 5.41) is 18.1. The quantitative estimate of drug-likeness (QED) is 0.658. The first-order valence-corrected chi connectivity index (χ1v) is 4.52. The van der Waals surface area contributed by atoms with E-state index < -0.39 is 17.5 Å². The number of nitrogens with zero attached hydrogens (tertiary/aromatic N) is 1. The fraction of sp³-hybridized carbons (Fsp3) is 0.889. The Balaban J connectivity index is 2.46. The molecular weight excluding hydrogens is 170 g/mol. The average molecular weight is 187 g/mol. The fourth-order valence-corrected chi connectivity index (χ4v) is 1.77. The second-order valence-electron chi connectivity index (χ2n) is 4.20. The van der Waals surface area contributed by atoms with E-state index in [0.717, 1.165) is 6.54 Å². The first kappa shape index (κ1) is 10.5. The summed E-state index contributed by atoms with van der Waals surface area (Å²) in [5.74, 6) is -0.764. The zero-order valence-corrected chi connectivity index (χ0v) is 8.16. The van der Waals surface area contributed by atoms with Crippen molar-refractivity contribution in [3.8, 4) is 0 Å². The Morgan fingerprint density at radius 1 is 1.54 bits per heavy atom. The molecule has 0 aromatic carbocycles. The average Bonchev–Trinajstić information content (AvgIpc) is 1.94. The Bertz CT molecular complexity index is 197. The molecular formula is C9H17NO3. The zero-order valence-electron chi connectivity index (χ0n) is 8.16. The van der Waals surface area contributed by atoms with Crippen LogP contribution in [0.3, 0.4) is 0 Å². The molecule has 1 rings (SSSR count). The van der Waals surface area contributed by atoms with Crippen LogP contribution in [0.15, 0.2) is 0 Å². The zero-order chi connectivity index (χ0) is 10.1. The fourth-order valence-electron chi connectivity index (χ4n) is 1.77. The Kier molecular flexibility index (Phi) is 2.93. The predicted octanol–water partition coefficient (Wildman–Crippen LogP) is 0.164. The van der Waals surface area contributed by atoms with Crippen LogP contribution < -0.4 is 0 Å². The number of rotatable bonds is 4. The highest BCUT2D eigenvalue weighted by Crippen LogP contribution is 2.44. The number of aliphatic hydroxyl groups excluding tert-OH is 1. The van der Waals surface area contributed by atoms with Crippen LogP contribution in [0, 0.1) is 5.41 Å². The van der Waals surface area contributed by atoms with Gasteiger partial charge in [-0.2, -0.15) is 0 Å². The molecule has 0 spiro atoms. The van der Waals surface area contributed by atoms with E-state index in [1.54, 1.807) is 0 Å². The van der Waals surface area contributed by atoms with Crippen LogP contribution in [0.5, 0.6) is 0 Å². The Morgan fingerprint density at radius 2 is 2.08 bits per heavy atom. The molecule has 0 radical (unpaired) electrons. The van der Waals surface area contributed by atoms with Crippen molar-refractivity contribution in [1.29, 1.82) is 0 Å². The van der Waals surface area contributed by atoms with Gasteiger partial charge in [-0.25, -0.2) is 0 Å². The van der Waals surface area contributed by atoms with Crippen LogP contribution in [0.25, 0.3) is 0 Å². The van der Waals surface area contributed by atoms with Gasteiger partial charge < -0.3 is 15.1 Å². The lowest BCUT2D eigenvalue weighted by molar-refractivity contribution is -0.164. The molecule has 0 unspecified atom stereocenters. The molecule has 0 saturated heterocycles. The van der Waals surface area contributed by atoms with Crippen LogP contribution in [0.4, 0.5) is 0 Å². The SMILES string of the molecule is CN(C)CCC1(C(=O)O)CC(O)C1. The number of carboxylic acid groups (broad SMARTS) is 1. The van der Waals surface area contributed by atoms with Gasteiger partial charge in [-0.05, 0) is 39.9 Å². The molecule has 1 aliphatic carbocycles. The molecule has 4 heteroatoms. The van der Waals surface area contributed by atoms with E-state index in [0.29, 0.717) is 19.3 Å². The third kappa shape index (κ3) is 2.19. The monoisotopic (exact) mass is 187 g/mol. The van der Waals surface area contributed by atoms with Crippen molar-refractivity contribution in [2.24, 2.45) is 5.41 Å². The molecule has 0 atom stereocenters. The van der Waals surface area contributed by atoms with E-state index in [2.05, 4.69) is 0 Å². The van der Waals surface area contributed by atoms with Crippen molar-refractivity contribution in [1.82, 2.24) is 4.90 Å². The lowest BCUT2D eigenvalue weighted by Gasteiger charge is -2.42. The molecule has 1 aliphatic rings. The number of aliphatic hydroxyl groups is 1. The first-order valence-electron chi connectivity index (χ1n) is 4.52. The summed E-state index contributed by atoms with van der Waals surface area (Å²) in [6.07, 6.45) is 1.05. The van der Waals surface area contributed by atoms with Crippen LogP contribution in [-0.2, 0) is 4.79 Å². The third-order valence-electron chi connectivity index (χ3n) is 2.74. The third-order valence-corrected chi connectivity index (χ3v) is 2.74. The largest absolute Gasteiger partial charge is 0.481 e. The summed E-state index contributed by atoms with van der Waals surface area (Å²) in [7, 11) is 3.84. The number of aliphatic carboxylic acids is 1. The van der Waals surface area contributed by atoms with E-state index in [1.165, 1.54) is 0 Å². The molecule has 1 saturated carbocycles. The molecule has 0 aliphatic heterocycles. The van der Waals surface area contributed by atoms with Crippen LogP contribution in [0.1, 0.15) is 19.3 Å². The predicted molar refractivity (Wildman–Crippen MR) is 48.5 cm³/mol. The number of carboxylic acids is 1. The Labute approximate surface area is 78.2 Å². The van der Waals surface area contributed by atoms with Gasteiger partial charge in [0.15, 0.2) is 0 Å². The summed E-state index contributed by atoms with van der Waals surface area (Å²) < 4.78 is 0. The minimum atomic E-state index is -0.764. The van der Waals surface area contributed by atoms with E-state index in [-0.39, 0.29) is 0 Å². The van der Waals surface area contributed by atoms with E-state index in [1.807, 2.05) is 19.0 Å². The Morgan fingerprint density at radius 3 is 2.38 bits per heavy atom. The van der Waals surface area contributed by atoms with Crippen molar-refractivity contribution in [3.05, 3.63) is 0 Å². The summed E-state index contributed by atoms with van der Waals surface area (Å²) in [6, 6.07) is 0. The summed E-state index contributed by atoms with van der Waals surface area (Å²) >= 11 is 0. The molecule has 1 fully saturated rings. The highest BCUT2D eigenvalue weighted by molar-refractivity contribution is 5.76. The molecule has 13 heavy (non-hydrogen) atoms. The van der Waals surface area contributed by atoms with Crippen molar-refractivity contribution in [3.63, 3.8) is 0 Å². The molecule has 4 nitrogen and oxygen atoms in total. The van der Waals surface area contributed by atoms with Gasteiger partial charge in [0.05, 0.1) is 11.5 Å². The van der Waals surface area contributed by atoms with Gasteiger partial charge in [-0.15, -0.1) is 0 Å². The van der Waals surface area contributed by atoms with Crippen LogP contribution >= 0.6 is 0 Å². The van der Waals surface area contributed by atoms with Crippen molar-refractivity contribution in [2.45, 2.75) is 25.4 Å². The van der Waals surface area contributed by atoms with Gasteiger partial charge in [0, 0.05) is 0 Å². The highest BCUT2D eigenvalue weighted by Gasteiger charge is 2.49. The van der Waals surface area contributed by atoms with Crippen LogP contribution in [-0.4, -0.2) is 47.8 Å². The van der Waals surface area contributed by atoms with Gasteiger partial charge in [0.25, 0.3) is 0 Å². The molecule has 0 heterocycles. The molecule has 2 N–H and O–H groups in total. The maximum absolute atomic E-state index is 10.9. The number of hydrogen-bond donors (Lipinski definition) is 2. The topological polar surface area (TPSA) is 60.8 Å². The number of hydrogen-bond acceptors (Lipinski definition) is 3. The maximum Gasteiger partial charge on any atom is 0.309 e. The summed E-state index contributed by atoms with van der Waals surface area (Å²) in [5.41, 5.74) is -0.649. The van der Waals surface area contributed by atoms with E-state index >= 15 is 0 Å². The van der Waals surface area contributed by atoms with E-state index in [4.69, 9.17) is 10.2 Å². The minimum absolute atomic E-state index is 0.404. The van der Waals surface area contributed by atoms with Gasteiger partial charge in [0.2, 0.25) is 0 Å². The van der Waals surface area contributed by atoms with Crippen molar-refractivity contribution < 1.29 is 15.0 Å². The lowest BCUT2D eigenvalue weighted by Crippen LogP contribution is -2.48. The second kappa shape index (κ2) is 3.64. The van der Waals surface area contributed by atoms with Crippen molar-refractivity contribution >= 4 is 5.97 Å². The van der Waals surface area contributed by atoms with Crippen molar-refractivity contribution in [2.75, 3.05) is 20.6 Å². The van der Waals surface area contributed by atoms with Gasteiger partial charge in [0.1, 0.15) is 0 Å². The minimum Gasteiger partial charge on any atom is -0.481 e. The normalized spacial score (nSPS) is 33.1. The van der Waals surface area contributed by atoms with E-state index in [9.17, 15) is 4.79 Å². The summed E-state index contributed by atoms with van der Waals surface area (Å²) in [4.78, 5) is 12.9. The Hall–Kier alpha value is -0.610. The first-order chi connectivity index (χ1) is 5.96. The molecule has 76 valence electrons.